The van der Waals surface area contributed by atoms with Crippen LogP contribution in [-0.2, 0) is 4.79 Å². The van der Waals surface area contributed by atoms with Crippen molar-refractivity contribution < 1.29 is 14.6 Å². The van der Waals surface area contributed by atoms with E-state index in [1.807, 2.05) is 29.2 Å². The van der Waals surface area contributed by atoms with Gasteiger partial charge in [0.2, 0.25) is 5.91 Å². The van der Waals surface area contributed by atoms with Crippen LogP contribution >= 0.6 is 11.8 Å². The minimum absolute atomic E-state index is 0.196. The van der Waals surface area contributed by atoms with E-state index in [4.69, 9.17) is 4.74 Å². The number of aliphatic hydroxyl groups excluding tert-OH is 1. The molecule has 2 fully saturated rings. The number of nitrogens with zero attached hydrogens (tertiary/aromatic N) is 1. The van der Waals surface area contributed by atoms with Gasteiger partial charge < -0.3 is 14.7 Å². The highest BCUT2D eigenvalue weighted by molar-refractivity contribution is 8.00. The van der Waals surface area contributed by atoms with E-state index in [2.05, 4.69) is 0 Å². The van der Waals surface area contributed by atoms with E-state index in [9.17, 15) is 9.90 Å². The number of methoxy groups -OCH3 is 1. The molecule has 2 aliphatic rings. The second kappa shape index (κ2) is 6.28. The molecule has 21 heavy (non-hydrogen) atoms. The molecule has 1 amide bonds. The standard InChI is InChI=1S/C16H21NO3S/c1-20-14-3-2-4-15(9-14)21-10-16(19)17-11-5-6-12(17)8-13(18)7-11/h2-4,9,11-13,18H,5-8,10H2,1H3/t11-,12+,13?. The lowest BCUT2D eigenvalue weighted by Crippen LogP contribution is -2.48. The van der Waals surface area contributed by atoms with Gasteiger partial charge in [-0.2, -0.15) is 0 Å². The van der Waals surface area contributed by atoms with Crippen LogP contribution in [0.4, 0.5) is 0 Å². The van der Waals surface area contributed by atoms with E-state index in [0.717, 1.165) is 36.3 Å². The molecule has 4 nitrogen and oxygen atoms in total. The van der Waals surface area contributed by atoms with Crippen LogP contribution in [0.25, 0.3) is 0 Å². The summed E-state index contributed by atoms with van der Waals surface area (Å²) in [6, 6.07) is 8.28. The first-order chi connectivity index (χ1) is 10.2. The summed E-state index contributed by atoms with van der Waals surface area (Å²) < 4.78 is 5.20. The monoisotopic (exact) mass is 307 g/mol. The van der Waals surface area contributed by atoms with Crippen molar-refractivity contribution in [1.29, 1.82) is 0 Å². The smallest absolute Gasteiger partial charge is 0.233 e. The number of hydrogen-bond donors (Lipinski definition) is 1. The Morgan fingerprint density at radius 1 is 1.38 bits per heavy atom. The molecular formula is C16H21NO3S. The van der Waals surface area contributed by atoms with Gasteiger partial charge in [0, 0.05) is 17.0 Å². The van der Waals surface area contributed by atoms with Crippen molar-refractivity contribution in [3.63, 3.8) is 0 Å². The Kier molecular flexibility index (Phi) is 4.40. The molecule has 2 heterocycles. The fourth-order valence-electron chi connectivity index (χ4n) is 3.47. The van der Waals surface area contributed by atoms with Crippen molar-refractivity contribution in [2.75, 3.05) is 12.9 Å². The minimum Gasteiger partial charge on any atom is -0.497 e. The summed E-state index contributed by atoms with van der Waals surface area (Å²) in [7, 11) is 1.64. The molecule has 3 rings (SSSR count). The highest BCUT2D eigenvalue weighted by atomic mass is 32.2. The third-order valence-electron chi connectivity index (χ3n) is 4.40. The summed E-state index contributed by atoms with van der Waals surface area (Å²) in [6.45, 7) is 0. The third kappa shape index (κ3) is 3.19. The largest absolute Gasteiger partial charge is 0.497 e. The van der Waals surface area contributed by atoms with Crippen LogP contribution < -0.4 is 4.74 Å². The SMILES string of the molecule is COc1cccc(SCC(=O)N2[C@@H]3CC[C@H]2CC(O)C3)c1. The molecule has 0 radical (unpaired) electrons. The molecular weight excluding hydrogens is 286 g/mol. The Hall–Kier alpha value is -1.20. The minimum atomic E-state index is -0.224. The van der Waals surface area contributed by atoms with Gasteiger partial charge in [-0.05, 0) is 43.9 Å². The molecule has 3 atom stereocenters. The predicted octanol–water partition coefficient (Wildman–Crippen LogP) is 2.30. The Morgan fingerprint density at radius 3 is 2.76 bits per heavy atom. The fourth-order valence-corrected chi connectivity index (χ4v) is 4.28. The predicted molar refractivity (Wildman–Crippen MR) is 82.6 cm³/mol. The quantitative estimate of drug-likeness (QED) is 0.867. The first-order valence-corrected chi connectivity index (χ1v) is 8.42. The third-order valence-corrected chi connectivity index (χ3v) is 5.38. The summed E-state index contributed by atoms with van der Waals surface area (Å²) in [5, 5.41) is 9.80. The van der Waals surface area contributed by atoms with E-state index in [1.54, 1.807) is 18.9 Å². The van der Waals surface area contributed by atoms with Gasteiger partial charge in [0.1, 0.15) is 5.75 Å². The molecule has 1 aromatic carbocycles. The number of benzene rings is 1. The lowest BCUT2D eigenvalue weighted by molar-refractivity contribution is -0.134. The Morgan fingerprint density at radius 2 is 2.10 bits per heavy atom. The van der Waals surface area contributed by atoms with Gasteiger partial charge in [-0.15, -0.1) is 11.8 Å². The maximum Gasteiger partial charge on any atom is 0.233 e. The summed E-state index contributed by atoms with van der Waals surface area (Å²) in [5.41, 5.74) is 0. The van der Waals surface area contributed by atoms with Crippen LogP contribution in [0.5, 0.6) is 5.75 Å². The molecule has 2 saturated heterocycles. The number of amides is 1. The number of fused-ring (bicyclic) bond motifs is 2. The van der Waals surface area contributed by atoms with E-state index in [-0.39, 0.29) is 24.1 Å². The van der Waals surface area contributed by atoms with Crippen LogP contribution in [0, 0.1) is 0 Å². The maximum absolute atomic E-state index is 12.5. The molecule has 114 valence electrons. The van der Waals surface area contributed by atoms with Gasteiger partial charge in [0.25, 0.3) is 0 Å². The van der Waals surface area contributed by atoms with Gasteiger partial charge in [-0.1, -0.05) is 6.07 Å². The second-order valence-corrected chi connectivity index (χ2v) is 6.83. The summed E-state index contributed by atoms with van der Waals surface area (Å²) >= 11 is 1.55. The van der Waals surface area contributed by atoms with Crippen LogP contribution in [0.1, 0.15) is 25.7 Å². The Bertz CT molecular complexity index is 508. The molecule has 1 unspecified atom stereocenters. The zero-order valence-electron chi connectivity index (χ0n) is 12.2. The number of ether oxygens (including phenoxy) is 1. The highest BCUT2D eigenvalue weighted by Gasteiger charge is 2.42. The molecule has 0 aliphatic carbocycles. The van der Waals surface area contributed by atoms with Crippen molar-refractivity contribution >= 4 is 17.7 Å². The zero-order chi connectivity index (χ0) is 14.8. The maximum atomic E-state index is 12.5. The van der Waals surface area contributed by atoms with E-state index in [0.29, 0.717) is 5.75 Å². The average Bonchev–Trinajstić information content (AvgIpc) is 2.77. The first kappa shape index (κ1) is 14.7. The summed E-state index contributed by atoms with van der Waals surface area (Å²) in [4.78, 5) is 15.6. The van der Waals surface area contributed by atoms with E-state index < -0.39 is 0 Å². The highest BCUT2D eigenvalue weighted by Crippen LogP contribution is 2.36. The van der Waals surface area contributed by atoms with Gasteiger partial charge in [0.05, 0.1) is 19.0 Å². The second-order valence-electron chi connectivity index (χ2n) is 5.78. The Labute approximate surface area is 129 Å². The van der Waals surface area contributed by atoms with E-state index in [1.165, 1.54) is 0 Å². The molecule has 2 bridgehead atoms. The van der Waals surface area contributed by atoms with Crippen molar-refractivity contribution in [3.8, 4) is 5.75 Å². The van der Waals surface area contributed by atoms with E-state index >= 15 is 0 Å². The van der Waals surface area contributed by atoms with Crippen molar-refractivity contribution in [2.45, 2.75) is 48.8 Å². The molecule has 0 saturated carbocycles. The van der Waals surface area contributed by atoms with Gasteiger partial charge in [-0.25, -0.2) is 0 Å². The fraction of sp³-hybridized carbons (Fsp3) is 0.562. The normalized spacial score (nSPS) is 27.7. The van der Waals surface area contributed by atoms with Gasteiger partial charge in [-0.3, -0.25) is 4.79 Å². The molecule has 2 aliphatic heterocycles. The summed E-state index contributed by atoms with van der Waals surface area (Å²) in [5.74, 6) is 1.46. The van der Waals surface area contributed by atoms with Crippen LogP contribution in [0.2, 0.25) is 0 Å². The average molecular weight is 307 g/mol. The van der Waals surface area contributed by atoms with Crippen LogP contribution in [0.3, 0.4) is 0 Å². The summed E-state index contributed by atoms with van der Waals surface area (Å²) in [6.07, 6.45) is 3.34. The molecule has 1 N–H and O–H groups in total. The lowest BCUT2D eigenvalue weighted by atomic mass is 10.00. The molecule has 1 aromatic rings. The number of piperidine rings is 1. The number of hydrogen-bond acceptors (Lipinski definition) is 4. The zero-order valence-corrected chi connectivity index (χ0v) is 13.0. The van der Waals surface area contributed by atoms with Crippen LogP contribution in [-0.4, -0.2) is 47.0 Å². The molecule has 5 heteroatoms. The number of rotatable bonds is 4. The van der Waals surface area contributed by atoms with Gasteiger partial charge in [0.15, 0.2) is 0 Å². The first-order valence-electron chi connectivity index (χ1n) is 7.43. The van der Waals surface area contributed by atoms with Crippen molar-refractivity contribution in [1.82, 2.24) is 4.90 Å². The number of carbonyl (C=O) groups excluding carboxylic acids is 1. The molecule has 0 spiro atoms. The van der Waals surface area contributed by atoms with Crippen LogP contribution in [0.15, 0.2) is 29.2 Å². The number of thioether (sulfide) groups is 1. The van der Waals surface area contributed by atoms with Crippen molar-refractivity contribution in [3.05, 3.63) is 24.3 Å². The number of carbonyl (C=O) groups is 1. The molecule has 0 aromatic heterocycles. The number of aliphatic hydroxyl groups is 1. The van der Waals surface area contributed by atoms with Crippen molar-refractivity contribution in [2.24, 2.45) is 0 Å². The topological polar surface area (TPSA) is 49.8 Å². The lowest BCUT2D eigenvalue weighted by Gasteiger charge is -2.37. The Balaban J connectivity index is 1.59. The van der Waals surface area contributed by atoms with Gasteiger partial charge >= 0.3 is 0 Å².